The molecule has 2 rings (SSSR count). The number of methoxy groups -OCH3 is 1. The van der Waals surface area contributed by atoms with Crippen molar-refractivity contribution >= 4 is 20.8 Å². The molecule has 132 valence electrons. The zero-order valence-corrected chi connectivity index (χ0v) is 15.5. The first kappa shape index (κ1) is 18.7. The maximum atomic E-state index is 13.0. The molecule has 0 aromatic heterocycles. The molecule has 1 atom stereocenters. The van der Waals surface area contributed by atoms with Crippen molar-refractivity contribution < 1.29 is 13.2 Å². The van der Waals surface area contributed by atoms with Gasteiger partial charge in [0.2, 0.25) is 10.0 Å². The van der Waals surface area contributed by atoms with Crippen LogP contribution in [0.15, 0.2) is 41.3 Å². The van der Waals surface area contributed by atoms with E-state index in [1.807, 2.05) is 32.0 Å². The van der Waals surface area contributed by atoms with Gasteiger partial charge in [-0.25, -0.2) is 12.7 Å². The second-order valence-electron chi connectivity index (χ2n) is 6.33. The van der Waals surface area contributed by atoms with Crippen LogP contribution in [0.4, 0.5) is 0 Å². The fourth-order valence-corrected chi connectivity index (χ4v) is 3.98. The number of hydrogen-bond donors (Lipinski definition) is 1. The Balaban J connectivity index is 2.38. The highest BCUT2D eigenvalue weighted by Gasteiger charge is 2.24. The molecule has 2 aromatic carbocycles. The number of hydrogen-bond acceptors (Lipinski definition) is 4. The Morgan fingerprint density at radius 1 is 1.12 bits per heavy atom. The summed E-state index contributed by atoms with van der Waals surface area (Å²) < 4.78 is 32.7. The molecule has 0 bridgehead atoms. The Kier molecular flexibility index (Phi) is 5.85. The monoisotopic (exact) mass is 350 g/mol. The van der Waals surface area contributed by atoms with E-state index >= 15 is 0 Å². The molecule has 1 unspecified atom stereocenters. The smallest absolute Gasteiger partial charge is 0.243 e. The van der Waals surface area contributed by atoms with Crippen molar-refractivity contribution in [1.29, 1.82) is 0 Å². The summed E-state index contributed by atoms with van der Waals surface area (Å²) in [6, 6.07) is 10.6. The molecule has 0 saturated heterocycles. The van der Waals surface area contributed by atoms with Gasteiger partial charge in [0, 0.05) is 30.4 Å². The first-order chi connectivity index (χ1) is 11.3. The van der Waals surface area contributed by atoms with Crippen LogP contribution in [-0.2, 0) is 10.0 Å². The van der Waals surface area contributed by atoms with Crippen LogP contribution in [-0.4, -0.2) is 39.5 Å². The lowest BCUT2D eigenvalue weighted by Gasteiger charge is -2.22. The third-order valence-corrected chi connectivity index (χ3v) is 6.30. The molecule has 5 nitrogen and oxygen atoms in total. The van der Waals surface area contributed by atoms with Crippen molar-refractivity contribution in [2.75, 3.05) is 20.7 Å². The third-order valence-electron chi connectivity index (χ3n) is 4.39. The Hall–Kier alpha value is -1.63. The number of ether oxygens (including phenoxy) is 1. The van der Waals surface area contributed by atoms with E-state index in [0.717, 1.165) is 5.39 Å². The van der Waals surface area contributed by atoms with Crippen LogP contribution in [0, 0.1) is 5.92 Å². The maximum absolute atomic E-state index is 13.0. The molecule has 0 amide bonds. The number of nitrogens with two attached hydrogens (primary N) is 1. The average Bonchev–Trinajstić information content (AvgIpc) is 2.57. The molecular weight excluding hydrogens is 324 g/mol. The minimum absolute atomic E-state index is 0.0183. The van der Waals surface area contributed by atoms with Crippen molar-refractivity contribution in [2.24, 2.45) is 11.7 Å². The van der Waals surface area contributed by atoms with Gasteiger partial charge in [0.05, 0.1) is 12.0 Å². The summed E-state index contributed by atoms with van der Waals surface area (Å²) in [6.45, 7) is 4.47. The largest absolute Gasteiger partial charge is 0.496 e. The van der Waals surface area contributed by atoms with E-state index in [4.69, 9.17) is 10.5 Å². The lowest BCUT2D eigenvalue weighted by molar-refractivity contribution is 0.397. The minimum Gasteiger partial charge on any atom is -0.496 e. The number of benzene rings is 2. The minimum atomic E-state index is -3.59. The van der Waals surface area contributed by atoms with Crippen molar-refractivity contribution in [1.82, 2.24) is 4.31 Å². The number of fused-ring (bicyclic) bond motifs is 1. The summed E-state index contributed by atoms with van der Waals surface area (Å²) in [5, 5.41) is 1.45. The topological polar surface area (TPSA) is 72.6 Å². The summed E-state index contributed by atoms with van der Waals surface area (Å²) in [6.07, 6.45) is 0.626. The summed E-state index contributed by atoms with van der Waals surface area (Å²) in [4.78, 5) is 0.291. The van der Waals surface area contributed by atoms with Gasteiger partial charge in [-0.05, 0) is 24.5 Å². The number of sulfonamides is 1. The van der Waals surface area contributed by atoms with Crippen LogP contribution in [0.1, 0.15) is 20.3 Å². The van der Waals surface area contributed by atoms with Gasteiger partial charge in [-0.15, -0.1) is 0 Å². The molecular formula is C18H26N2O3S. The molecule has 0 aliphatic heterocycles. The number of nitrogens with zero attached hydrogens (tertiary/aromatic N) is 1. The Morgan fingerprint density at radius 2 is 1.75 bits per heavy atom. The Labute approximate surface area is 144 Å². The fraction of sp³-hybridized carbons (Fsp3) is 0.444. The van der Waals surface area contributed by atoms with Crippen molar-refractivity contribution in [3.63, 3.8) is 0 Å². The second-order valence-corrected chi connectivity index (χ2v) is 8.35. The predicted molar refractivity (Wildman–Crippen MR) is 97.7 cm³/mol. The van der Waals surface area contributed by atoms with Gasteiger partial charge in [0.1, 0.15) is 5.75 Å². The quantitative estimate of drug-likeness (QED) is 0.833. The first-order valence-electron chi connectivity index (χ1n) is 8.06. The first-order valence-corrected chi connectivity index (χ1v) is 9.50. The van der Waals surface area contributed by atoms with E-state index in [0.29, 0.717) is 34.9 Å². The van der Waals surface area contributed by atoms with Gasteiger partial charge in [0.25, 0.3) is 0 Å². The van der Waals surface area contributed by atoms with Gasteiger partial charge in [-0.2, -0.15) is 0 Å². The van der Waals surface area contributed by atoms with Crippen molar-refractivity contribution in [3.05, 3.63) is 36.4 Å². The van der Waals surface area contributed by atoms with Gasteiger partial charge in [-0.1, -0.05) is 38.1 Å². The SMILES string of the molecule is COc1ccc(S(=O)(=O)N(C)CCC(N)C(C)C)c2ccccc12. The van der Waals surface area contributed by atoms with Gasteiger partial charge >= 0.3 is 0 Å². The Morgan fingerprint density at radius 3 is 2.33 bits per heavy atom. The van der Waals surface area contributed by atoms with Crippen molar-refractivity contribution in [3.8, 4) is 5.75 Å². The van der Waals surface area contributed by atoms with Crippen LogP contribution >= 0.6 is 0 Å². The van der Waals surface area contributed by atoms with Gasteiger partial charge in [-0.3, -0.25) is 0 Å². The van der Waals surface area contributed by atoms with Crippen LogP contribution in [0.25, 0.3) is 10.8 Å². The molecule has 0 fully saturated rings. The molecule has 6 heteroatoms. The van der Waals surface area contributed by atoms with E-state index < -0.39 is 10.0 Å². The highest BCUT2D eigenvalue weighted by Crippen LogP contribution is 2.32. The third kappa shape index (κ3) is 3.71. The molecule has 0 radical (unpaired) electrons. The van der Waals surface area contributed by atoms with E-state index in [9.17, 15) is 8.42 Å². The molecule has 2 aromatic rings. The van der Waals surface area contributed by atoms with E-state index in [1.165, 1.54) is 4.31 Å². The summed E-state index contributed by atoms with van der Waals surface area (Å²) in [5.74, 6) is 0.983. The standard InChI is InChI=1S/C18H26N2O3S/c1-13(2)16(19)11-12-20(3)24(21,22)18-10-9-17(23-4)14-7-5-6-8-15(14)18/h5-10,13,16H,11-12,19H2,1-4H3. The van der Waals surface area contributed by atoms with Crippen molar-refractivity contribution in [2.45, 2.75) is 31.2 Å². The second kappa shape index (κ2) is 7.51. The fourth-order valence-electron chi connectivity index (χ4n) is 2.60. The van der Waals surface area contributed by atoms with Crippen LogP contribution < -0.4 is 10.5 Å². The molecule has 0 aliphatic rings. The Bertz CT molecular complexity index is 803. The predicted octanol–water partition coefficient (Wildman–Crippen LogP) is 2.84. The van der Waals surface area contributed by atoms with Gasteiger partial charge in [0.15, 0.2) is 0 Å². The van der Waals surface area contributed by atoms with Crippen LogP contribution in [0.3, 0.4) is 0 Å². The summed E-state index contributed by atoms with van der Waals surface area (Å²) in [5.41, 5.74) is 6.04. The van der Waals surface area contributed by atoms with E-state index in [2.05, 4.69) is 0 Å². The lowest BCUT2D eigenvalue weighted by atomic mass is 10.0. The molecule has 0 heterocycles. The van der Waals surface area contributed by atoms with Crippen LogP contribution in [0.5, 0.6) is 5.75 Å². The normalized spacial score (nSPS) is 13.6. The molecule has 2 N–H and O–H groups in total. The zero-order chi connectivity index (χ0) is 17.9. The molecule has 0 aliphatic carbocycles. The van der Waals surface area contributed by atoms with E-state index in [1.54, 1.807) is 32.4 Å². The molecule has 0 saturated carbocycles. The van der Waals surface area contributed by atoms with Crippen LogP contribution in [0.2, 0.25) is 0 Å². The molecule has 0 spiro atoms. The number of rotatable bonds is 7. The average molecular weight is 350 g/mol. The molecule has 24 heavy (non-hydrogen) atoms. The van der Waals surface area contributed by atoms with Gasteiger partial charge < -0.3 is 10.5 Å². The summed E-state index contributed by atoms with van der Waals surface area (Å²) >= 11 is 0. The summed E-state index contributed by atoms with van der Waals surface area (Å²) in [7, 11) is -0.412. The maximum Gasteiger partial charge on any atom is 0.243 e. The van der Waals surface area contributed by atoms with E-state index in [-0.39, 0.29) is 6.04 Å². The highest BCUT2D eigenvalue weighted by atomic mass is 32.2. The zero-order valence-electron chi connectivity index (χ0n) is 14.7. The highest BCUT2D eigenvalue weighted by molar-refractivity contribution is 7.89. The lowest BCUT2D eigenvalue weighted by Crippen LogP contribution is -2.34.